The number of halogens is 2. The maximum Gasteiger partial charge on any atom is 0.255 e. The van der Waals surface area contributed by atoms with Gasteiger partial charge in [-0.15, -0.1) is 11.8 Å². The lowest BCUT2D eigenvalue weighted by molar-refractivity contribution is -0.119. The van der Waals surface area contributed by atoms with Gasteiger partial charge < -0.3 is 10.2 Å². The van der Waals surface area contributed by atoms with Crippen LogP contribution in [0.3, 0.4) is 0 Å². The molecule has 0 aromatic heterocycles. The zero-order valence-electron chi connectivity index (χ0n) is 12.5. The number of thioether (sulfide) groups is 1. The smallest absolute Gasteiger partial charge is 0.255 e. The van der Waals surface area contributed by atoms with Crippen LogP contribution in [0.2, 0.25) is 5.02 Å². The van der Waals surface area contributed by atoms with Gasteiger partial charge in [-0.1, -0.05) is 29.8 Å². The van der Waals surface area contributed by atoms with E-state index in [4.69, 9.17) is 11.6 Å². The van der Waals surface area contributed by atoms with Gasteiger partial charge in [-0.25, -0.2) is 4.39 Å². The van der Waals surface area contributed by atoms with Gasteiger partial charge in [-0.05, 0) is 30.3 Å². The summed E-state index contributed by atoms with van der Waals surface area (Å²) in [5, 5.41) is 2.63. The third-order valence-corrected chi connectivity index (χ3v) is 4.96. The van der Waals surface area contributed by atoms with Gasteiger partial charge in [0, 0.05) is 17.0 Å². The summed E-state index contributed by atoms with van der Waals surface area (Å²) in [5.41, 5.74) is 0.943. The second-order valence-corrected chi connectivity index (χ2v) is 6.68. The number of rotatable bonds is 3. The Balaban J connectivity index is 1.74. The molecule has 1 N–H and O–H groups in total. The predicted molar refractivity (Wildman–Crippen MR) is 93.8 cm³/mol. The molecule has 7 heteroatoms. The van der Waals surface area contributed by atoms with Gasteiger partial charge in [-0.3, -0.25) is 9.59 Å². The molecular formula is C17H14ClFN2O2S. The van der Waals surface area contributed by atoms with E-state index in [0.29, 0.717) is 22.9 Å². The number of carbonyl (C=O) groups is 2. The Labute approximate surface area is 148 Å². The highest BCUT2D eigenvalue weighted by Gasteiger charge is 2.35. The Bertz CT molecular complexity index is 772. The Morgan fingerprint density at radius 2 is 1.96 bits per heavy atom. The van der Waals surface area contributed by atoms with Crippen molar-refractivity contribution in [3.05, 3.63) is 64.9 Å². The van der Waals surface area contributed by atoms with Crippen molar-refractivity contribution >= 4 is 40.9 Å². The minimum atomic E-state index is -0.577. The van der Waals surface area contributed by atoms with Crippen LogP contribution in [0.4, 0.5) is 10.1 Å². The topological polar surface area (TPSA) is 49.4 Å². The predicted octanol–water partition coefficient (Wildman–Crippen LogP) is 3.63. The summed E-state index contributed by atoms with van der Waals surface area (Å²) >= 11 is 7.24. The van der Waals surface area contributed by atoms with Crippen LogP contribution in [0.5, 0.6) is 0 Å². The van der Waals surface area contributed by atoms with E-state index in [1.807, 2.05) is 6.07 Å². The van der Waals surface area contributed by atoms with Gasteiger partial charge in [0.1, 0.15) is 11.9 Å². The lowest BCUT2D eigenvalue weighted by Gasteiger charge is -2.23. The van der Waals surface area contributed by atoms with Crippen molar-refractivity contribution in [2.45, 2.75) is 6.04 Å². The van der Waals surface area contributed by atoms with Crippen molar-refractivity contribution in [1.82, 2.24) is 4.90 Å². The average molecular weight is 365 g/mol. The highest BCUT2D eigenvalue weighted by molar-refractivity contribution is 7.99. The lowest BCUT2D eigenvalue weighted by Crippen LogP contribution is -2.44. The standard InChI is InChI=1S/C17H14ClFN2O2S/c18-13-8-12(6-7-14(13)19)20-16(22)15-9-24-10-21(15)17(23)11-4-2-1-3-5-11/h1-8,15H,9-10H2,(H,20,22)/t15-/m1/s1. The molecule has 4 nitrogen and oxygen atoms in total. The van der Waals surface area contributed by atoms with Crippen molar-refractivity contribution in [3.63, 3.8) is 0 Å². The second kappa shape index (κ2) is 7.23. The molecule has 1 aliphatic heterocycles. The molecule has 0 radical (unpaired) electrons. The summed E-state index contributed by atoms with van der Waals surface area (Å²) in [4.78, 5) is 26.6. The molecule has 0 aliphatic carbocycles. The average Bonchev–Trinajstić information content (AvgIpc) is 3.08. The van der Waals surface area contributed by atoms with Gasteiger partial charge in [0.2, 0.25) is 5.91 Å². The molecule has 1 saturated heterocycles. The number of hydrogen-bond acceptors (Lipinski definition) is 3. The fourth-order valence-electron chi connectivity index (χ4n) is 2.41. The summed E-state index contributed by atoms with van der Waals surface area (Å²) in [6, 6.07) is 12.2. The number of hydrogen-bond donors (Lipinski definition) is 1. The van der Waals surface area contributed by atoms with Gasteiger partial charge >= 0.3 is 0 Å². The molecule has 0 bridgehead atoms. The van der Waals surface area contributed by atoms with Crippen molar-refractivity contribution in [3.8, 4) is 0 Å². The normalized spacial score (nSPS) is 16.9. The molecule has 1 heterocycles. The van der Waals surface area contributed by atoms with Crippen LogP contribution in [0.1, 0.15) is 10.4 Å². The van der Waals surface area contributed by atoms with Crippen LogP contribution in [-0.2, 0) is 4.79 Å². The highest BCUT2D eigenvalue weighted by atomic mass is 35.5. The van der Waals surface area contributed by atoms with Crippen LogP contribution in [-0.4, -0.2) is 34.4 Å². The summed E-state index contributed by atoms with van der Waals surface area (Å²) in [5.74, 6) is -0.0770. The number of nitrogens with zero attached hydrogens (tertiary/aromatic N) is 1. The first-order valence-electron chi connectivity index (χ1n) is 7.26. The molecule has 2 amide bonds. The van der Waals surface area contributed by atoms with Crippen molar-refractivity contribution < 1.29 is 14.0 Å². The van der Waals surface area contributed by atoms with E-state index in [0.717, 1.165) is 0 Å². The first-order chi connectivity index (χ1) is 11.6. The van der Waals surface area contributed by atoms with Gasteiger partial charge in [0.15, 0.2) is 0 Å². The van der Waals surface area contributed by atoms with E-state index < -0.39 is 11.9 Å². The highest BCUT2D eigenvalue weighted by Crippen LogP contribution is 2.25. The minimum Gasteiger partial charge on any atom is -0.324 e. The molecule has 0 unspecified atom stereocenters. The summed E-state index contributed by atoms with van der Waals surface area (Å²) in [7, 11) is 0. The van der Waals surface area contributed by atoms with Crippen LogP contribution < -0.4 is 5.32 Å². The fourth-order valence-corrected chi connectivity index (χ4v) is 3.74. The Kier molecular flexibility index (Phi) is 5.06. The summed E-state index contributed by atoms with van der Waals surface area (Å²) in [6.45, 7) is 0. The zero-order valence-corrected chi connectivity index (χ0v) is 14.1. The molecule has 24 heavy (non-hydrogen) atoms. The van der Waals surface area contributed by atoms with Gasteiger partial charge in [0.25, 0.3) is 5.91 Å². The monoisotopic (exact) mass is 364 g/mol. The summed E-state index contributed by atoms with van der Waals surface area (Å²) < 4.78 is 13.2. The second-order valence-electron chi connectivity index (χ2n) is 5.27. The van der Waals surface area contributed by atoms with E-state index in [-0.39, 0.29) is 16.8 Å². The molecule has 124 valence electrons. The van der Waals surface area contributed by atoms with Crippen LogP contribution in [0.15, 0.2) is 48.5 Å². The maximum atomic E-state index is 13.2. The molecule has 2 aromatic rings. The first-order valence-corrected chi connectivity index (χ1v) is 8.79. The molecule has 0 spiro atoms. The van der Waals surface area contributed by atoms with Crippen LogP contribution in [0, 0.1) is 5.82 Å². The van der Waals surface area contributed by atoms with Crippen molar-refractivity contribution in [2.24, 2.45) is 0 Å². The molecular weight excluding hydrogens is 351 g/mol. The molecule has 1 atom stereocenters. The fraction of sp³-hybridized carbons (Fsp3) is 0.176. The van der Waals surface area contributed by atoms with Gasteiger partial charge in [0.05, 0.1) is 10.9 Å². The zero-order chi connectivity index (χ0) is 17.1. The number of amides is 2. The third kappa shape index (κ3) is 3.55. The Morgan fingerprint density at radius 3 is 2.67 bits per heavy atom. The first kappa shape index (κ1) is 16.8. The Hall–Kier alpha value is -2.05. The number of benzene rings is 2. The molecule has 3 rings (SSSR count). The number of carbonyl (C=O) groups excluding carboxylic acids is 2. The van der Waals surface area contributed by atoms with Crippen LogP contribution >= 0.6 is 23.4 Å². The minimum absolute atomic E-state index is 0.0641. The molecule has 1 aliphatic rings. The van der Waals surface area contributed by atoms with E-state index in [9.17, 15) is 14.0 Å². The number of anilines is 1. The maximum absolute atomic E-state index is 13.2. The van der Waals surface area contributed by atoms with Gasteiger partial charge in [-0.2, -0.15) is 0 Å². The molecule has 0 saturated carbocycles. The van der Waals surface area contributed by atoms with Crippen LogP contribution in [0.25, 0.3) is 0 Å². The SMILES string of the molecule is O=C(Nc1ccc(F)c(Cl)c1)[C@H]1CSCN1C(=O)c1ccccc1. The molecule has 1 fully saturated rings. The van der Waals surface area contributed by atoms with E-state index in [2.05, 4.69) is 5.32 Å². The third-order valence-electron chi connectivity index (χ3n) is 3.65. The quantitative estimate of drug-likeness (QED) is 0.904. The van der Waals surface area contributed by atoms with E-state index >= 15 is 0 Å². The molecule has 2 aromatic carbocycles. The lowest BCUT2D eigenvalue weighted by atomic mass is 10.1. The Morgan fingerprint density at radius 1 is 1.21 bits per heavy atom. The largest absolute Gasteiger partial charge is 0.324 e. The van der Waals surface area contributed by atoms with E-state index in [1.54, 1.807) is 29.2 Å². The number of nitrogens with one attached hydrogen (secondary N) is 1. The van der Waals surface area contributed by atoms with E-state index in [1.165, 1.54) is 30.0 Å². The van der Waals surface area contributed by atoms with Crippen molar-refractivity contribution in [1.29, 1.82) is 0 Å². The van der Waals surface area contributed by atoms with Crippen molar-refractivity contribution in [2.75, 3.05) is 16.9 Å². The summed E-state index contributed by atoms with van der Waals surface area (Å²) in [6.07, 6.45) is 0.